The van der Waals surface area contributed by atoms with Gasteiger partial charge in [-0.25, -0.2) is 5.43 Å². The maximum atomic E-state index is 10.6. The highest BCUT2D eigenvalue weighted by molar-refractivity contribution is 7.85. The third kappa shape index (κ3) is 6.84. The van der Waals surface area contributed by atoms with E-state index in [1.54, 1.807) is 25.1 Å². The van der Waals surface area contributed by atoms with Crippen molar-refractivity contribution < 1.29 is 13.0 Å². The van der Waals surface area contributed by atoms with Gasteiger partial charge in [0.2, 0.25) is 0 Å². The van der Waals surface area contributed by atoms with Crippen molar-refractivity contribution in [3.63, 3.8) is 0 Å². The Kier molecular flexibility index (Phi) is 6.94. The Balaban J connectivity index is 0.000000360. The fraction of sp³-hybridized carbons (Fsp3) is 0.300. The fourth-order valence-electron chi connectivity index (χ4n) is 1.03. The second-order valence-corrected chi connectivity index (χ2v) is 4.70. The molecule has 1 aromatic carbocycles. The van der Waals surface area contributed by atoms with Gasteiger partial charge < -0.3 is 5.73 Å². The molecule has 102 valence electrons. The predicted octanol–water partition coefficient (Wildman–Crippen LogP) is 0.236. The summed E-state index contributed by atoms with van der Waals surface area (Å²) in [6, 6.07) is 6.27. The predicted molar refractivity (Wildman–Crippen MR) is 69.7 cm³/mol. The molecule has 0 saturated carbocycles. The molecule has 0 atom stereocenters. The highest BCUT2D eigenvalue weighted by atomic mass is 32.2. The molecule has 6 N–H and O–H groups in total. The summed E-state index contributed by atoms with van der Waals surface area (Å²) in [7, 11) is -4.03. The van der Waals surface area contributed by atoms with Gasteiger partial charge in [-0.2, -0.15) is 8.42 Å². The van der Waals surface area contributed by atoms with E-state index in [2.05, 4.69) is 10.9 Å². The maximum Gasteiger partial charge on any atom is 0.294 e. The Morgan fingerprint density at radius 2 is 2.00 bits per heavy atom. The fourth-order valence-corrected chi connectivity index (χ4v) is 1.75. The van der Waals surface area contributed by atoms with Gasteiger partial charge in [0.25, 0.3) is 10.1 Å². The van der Waals surface area contributed by atoms with Crippen molar-refractivity contribution in [2.24, 2.45) is 5.73 Å². The standard InChI is InChI=1S/C7H8O3S.C3H10N4/c1-6-4-2-3-5-7(6)11(8,9)10;1-2-6-7-3(4)5/h2-5H,1H3,(H,8,9,10);6H,2H2,1H3,(H4,4,5,7). The van der Waals surface area contributed by atoms with E-state index in [0.717, 1.165) is 6.54 Å². The Bertz CT molecular complexity index is 488. The second kappa shape index (κ2) is 7.64. The lowest BCUT2D eigenvalue weighted by molar-refractivity contribution is 0.482. The summed E-state index contributed by atoms with van der Waals surface area (Å²) in [6.07, 6.45) is 0. The number of hydrogen-bond acceptors (Lipinski definition) is 4. The van der Waals surface area contributed by atoms with Gasteiger partial charge in [-0.1, -0.05) is 25.1 Å². The smallest absolute Gasteiger partial charge is 0.294 e. The van der Waals surface area contributed by atoms with Crippen molar-refractivity contribution in [3.8, 4) is 0 Å². The molecule has 0 radical (unpaired) electrons. The minimum absolute atomic E-state index is 0.0278. The maximum absolute atomic E-state index is 10.6. The monoisotopic (exact) mass is 274 g/mol. The molecule has 0 aliphatic rings. The van der Waals surface area contributed by atoms with E-state index in [9.17, 15) is 8.42 Å². The first-order valence-electron chi connectivity index (χ1n) is 5.15. The van der Waals surface area contributed by atoms with Gasteiger partial charge >= 0.3 is 0 Å². The summed E-state index contributed by atoms with van der Waals surface area (Å²) in [6.45, 7) is 4.30. The molecule has 0 aliphatic heterocycles. The Morgan fingerprint density at radius 3 is 2.28 bits per heavy atom. The van der Waals surface area contributed by atoms with Crippen LogP contribution in [-0.4, -0.2) is 25.5 Å². The van der Waals surface area contributed by atoms with Crippen LogP contribution in [0.15, 0.2) is 29.2 Å². The first kappa shape index (κ1) is 16.4. The van der Waals surface area contributed by atoms with E-state index in [1.807, 2.05) is 6.92 Å². The van der Waals surface area contributed by atoms with Crippen molar-refractivity contribution in [3.05, 3.63) is 29.8 Å². The number of hydrogen-bond donors (Lipinski definition) is 5. The molecular weight excluding hydrogens is 256 g/mol. The summed E-state index contributed by atoms with van der Waals surface area (Å²) in [4.78, 5) is -0.0278. The van der Waals surface area contributed by atoms with E-state index >= 15 is 0 Å². The van der Waals surface area contributed by atoms with Crippen molar-refractivity contribution in [2.45, 2.75) is 18.7 Å². The quantitative estimate of drug-likeness (QED) is 0.232. The first-order valence-corrected chi connectivity index (χ1v) is 6.59. The topological polar surface area (TPSA) is 128 Å². The van der Waals surface area contributed by atoms with Crippen LogP contribution in [0, 0.1) is 12.3 Å². The average molecular weight is 274 g/mol. The lowest BCUT2D eigenvalue weighted by Crippen LogP contribution is -2.41. The van der Waals surface area contributed by atoms with Crippen molar-refractivity contribution >= 4 is 16.1 Å². The summed E-state index contributed by atoms with van der Waals surface area (Å²) < 4.78 is 29.9. The number of hydrazine groups is 1. The van der Waals surface area contributed by atoms with E-state index < -0.39 is 10.1 Å². The molecule has 0 amide bonds. The molecule has 0 bridgehead atoms. The Hall–Kier alpha value is -1.64. The largest absolute Gasteiger partial charge is 0.369 e. The van der Waals surface area contributed by atoms with Gasteiger partial charge in [0, 0.05) is 6.54 Å². The van der Waals surface area contributed by atoms with E-state index in [1.165, 1.54) is 6.07 Å². The van der Waals surface area contributed by atoms with Crippen LogP contribution in [0.2, 0.25) is 0 Å². The molecule has 0 aliphatic carbocycles. The number of rotatable bonds is 3. The van der Waals surface area contributed by atoms with Crippen LogP contribution < -0.4 is 16.6 Å². The molecule has 0 unspecified atom stereocenters. The van der Waals surface area contributed by atoms with Crippen LogP contribution in [0.5, 0.6) is 0 Å². The van der Waals surface area contributed by atoms with Gasteiger partial charge in [-0.05, 0) is 18.6 Å². The molecule has 1 rings (SSSR count). The molecule has 7 nitrogen and oxygen atoms in total. The van der Waals surface area contributed by atoms with E-state index in [0.29, 0.717) is 5.56 Å². The third-order valence-electron chi connectivity index (χ3n) is 1.77. The SMILES string of the molecule is CCNNC(=N)N.Cc1ccccc1S(=O)(=O)O. The molecule has 18 heavy (non-hydrogen) atoms. The normalized spacial score (nSPS) is 10.2. The van der Waals surface area contributed by atoms with Crippen LogP contribution in [0.3, 0.4) is 0 Å². The number of nitrogens with two attached hydrogens (primary N) is 1. The lowest BCUT2D eigenvalue weighted by Gasteiger charge is -1.99. The minimum atomic E-state index is -4.03. The average Bonchev–Trinajstić information content (AvgIpc) is 2.26. The van der Waals surface area contributed by atoms with Crippen LogP contribution in [0.1, 0.15) is 12.5 Å². The van der Waals surface area contributed by atoms with Crippen molar-refractivity contribution in [2.75, 3.05) is 6.54 Å². The van der Waals surface area contributed by atoms with Gasteiger partial charge in [-0.3, -0.25) is 15.4 Å². The summed E-state index contributed by atoms with van der Waals surface area (Å²) in [5, 5.41) is 6.60. The number of nitrogens with one attached hydrogen (secondary N) is 3. The van der Waals surface area contributed by atoms with Crippen LogP contribution in [0.4, 0.5) is 0 Å². The molecule has 1 aromatic rings. The van der Waals surface area contributed by atoms with Gasteiger partial charge in [-0.15, -0.1) is 0 Å². The zero-order valence-corrected chi connectivity index (χ0v) is 11.1. The highest BCUT2D eigenvalue weighted by Crippen LogP contribution is 2.12. The molecular formula is C10H18N4O3S. The number of guanidine groups is 1. The van der Waals surface area contributed by atoms with Gasteiger partial charge in [0.05, 0.1) is 4.90 Å². The summed E-state index contributed by atoms with van der Waals surface area (Å²) >= 11 is 0. The Morgan fingerprint density at radius 1 is 1.44 bits per heavy atom. The molecule has 0 spiro atoms. The molecule has 0 heterocycles. The van der Waals surface area contributed by atoms with Gasteiger partial charge in [0.1, 0.15) is 0 Å². The number of aryl methyl sites for hydroxylation is 1. The van der Waals surface area contributed by atoms with Gasteiger partial charge in [0.15, 0.2) is 5.96 Å². The first-order chi connectivity index (χ1) is 8.29. The molecule has 8 heteroatoms. The van der Waals surface area contributed by atoms with E-state index in [-0.39, 0.29) is 10.9 Å². The molecule has 0 fully saturated rings. The molecule has 0 aromatic heterocycles. The third-order valence-corrected chi connectivity index (χ3v) is 2.79. The minimum Gasteiger partial charge on any atom is -0.369 e. The van der Waals surface area contributed by atoms with Crippen LogP contribution in [-0.2, 0) is 10.1 Å². The highest BCUT2D eigenvalue weighted by Gasteiger charge is 2.10. The van der Waals surface area contributed by atoms with Crippen LogP contribution in [0.25, 0.3) is 0 Å². The Labute approximate surface area is 107 Å². The number of benzene rings is 1. The molecule has 0 saturated heterocycles. The van der Waals surface area contributed by atoms with Crippen molar-refractivity contribution in [1.82, 2.24) is 10.9 Å². The summed E-state index contributed by atoms with van der Waals surface area (Å²) in [5.74, 6) is -0.0538. The van der Waals surface area contributed by atoms with Crippen LogP contribution >= 0.6 is 0 Å². The zero-order chi connectivity index (χ0) is 14.2. The second-order valence-electron chi connectivity index (χ2n) is 3.31. The zero-order valence-electron chi connectivity index (χ0n) is 10.3. The summed E-state index contributed by atoms with van der Waals surface area (Å²) in [5.41, 5.74) is 10.5. The van der Waals surface area contributed by atoms with E-state index in [4.69, 9.17) is 15.7 Å². The lowest BCUT2D eigenvalue weighted by atomic mass is 10.2. The van der Waals surface area contributed by atoms with Crippen molar-refractivity contribution in [1.29, 1.82) is 5.41 Å².